The number of nitrogens with zero attached hydrogens (tertiary/aromatic N) is 2. The topological polar surface area (TPSA) is 58.5 Å². The SMILES string of the molecule is CCOCCCNC(=NCc1ccc(Cl)nc1)NC1CC1. The van der Waals surface area contributed by atoms with Gasteiger partial charge in [0.25, 0.3) is 0 Å². The Bertz CT molecular complexity index is 445. The number of guanidine groups is 1. The molecule has 0 radical (unpaired) electrons. The van der Waals surface area contributed by atoms with Gasteiger partial charge in [-0.3, -0.25) is 0 Å². The van der Waals surface area contributed by atoms with Gasteiger partial charge in [0, 0.05) is 32.0 Å². The van der Waals surface area contributed by atoms with Crippen molar-refractivity contribution in [2.75, 3.05) is 19.8 Å². The lowest BCUT2D eigenvalue weighted by Gasteiger charge is -2.12. The van der Waals surface area contributed by atoms with Crippen molar-refractivity contribution in [2.45, 2.75) is 38.8 Å². The van der Waals surface area contributed by atoms with Crippen molar-refractivity contribution in [3.63, 3.8) is 0 Å². The first-order valence-corrected chi connectivity index (χ1v) is 7.88. The van der Waals surface area contributed by atoms with E-state index in [0.29, 0.717) is 17.7 Å². The molecule has 1 aromatic heterocycles. The quantitative estimate of drug-likeness (QED) is 0.335. The number of aliphatic imine (C=N–C) groups is 1. The minimum absolute atomic E-state index is 0.508. The zero-order valence-electron chi connectivity index (χ0n) is 12.4. The molecule has 0 amide bonds. The van der Waals surface area contributed by atoms with E-state index in [1.54, 1.807) is 12.3 Å². The van der Waals surface area contributed by atoms with Crippen LogP contribution in [0.4, 0.5) is 0 Å². The average molecular weight is 311 g/mol. The maximum Gasteiger partial charge on any atom is 0.191 e. The summed E-state index contributed by atoms with van der Waals surface area (Å²) < 4.78 is 5.33. The van der Waals surface area contributed by atoms with Crippen LogP contribution in [0.25, 0.3) is 0 Å². The predicted molar refractivity (Wildman–Crippen MR) is 85.7 cm³/mol. The van der Waals surface area contributed by atoms with E-state index in [9.17, 15) is 0 Å². The molecule has 1 aliphatic rings. The highest BCUT2D eigenvalue weighted by Crippen LogP contribution is 2.18. The third kappa shape index (κ3) is 6.78. The number of pyridine rings is 1. The van der Waals surface area contributed by atoms with Crippen LogP contribution in [0.15, 0.2) is 23.3 Å². The molecule has 6 heteroatoms. The molecular weight excluding hydrogens is 288 g/mol. The largest absolute Gasteiger partial charge is 0.382 e. The van der Waals surface area contributed by atoms with Crippen molar-refractivity contribution in [1.82, 2.24) is 15.6 Å². The summed E-state index contributed by atoms with van der Waals surface area (Å²) in [5.41, 5.74) is 1.05. The summed E-state index contributed by atoms with van der Waals surface area (Å²) in [5.74, 6) is 0.865. The second-order valence-electron chi connectivity index (χ2n) is 5.05. The summed E-state index contributed by atoms with van der Waals surface area (Å²) in [6, 6.07) is 4.31. The normalized spacial score (nSPS) is 15.0. The summed E-state index contributed by atoms with van der Waals surface area (Å²) in [6.45, 7) is 5.01. The van der Waals surface area contributed by atoms with Crippen LogP contribution in [0.1, 0.15) is 31.7 Å². The van der Waals surface area contributed by atoms with Crippen LogP contribution in [-0.4, -0.2) is 36.7 Å². The Morgan fingerprint density at radius 2 is 2.33 bits per heavy atom. The predicted octanol–water partition coefficient (Wildman–Crippen LogP) is 2.36. The Balaban J connectivity index is 1.79. The second-order valence-corrected chi connectivity index (χ2v) is 5.44. The molecule has 1 aliphatic carbocycles. The molecule has 0 atom stereocenters. The molecule has 1 heterocycles. The summed E-state index contributed by atoms with van der Waals surface area (Å²) in [4.78, 5) is 8.66. The van der Waals surface area contributed by atoms with Crippen molar-refractivity contribution in [3.05, 3.63) is 29.0 Å². The first-order chi connectivity index (χ1) is 10.3. The Hall–Kier alpha value is -1.33. The van der Waals surface area contributed by atoms with E-state index >= 15 is 0 Å². The fourth-order valence-corrected chi connectivity index (χ4v) is 1.88. The fourth-order valence-electron chi connectivity index (χ4n) is 1.77. The van der Waals surface area contributed by atoms with Gasteiger partial charge in [-0.15, -0.1) is 0 Å². The van der Waals surface area contributed by atoms with Crippen molar-refractivity contribution in [1.29, 1.82) is 0 Å². The molecule has 0 aliphatic heterocycles. The van der Waals surface area contributed by atoms with Gasteiger partial charge in [-0.05, 0) is 37.8 Å². The van der Waals surface area contributed by atoms with Crippen LogP contribution < -0.4 is 10.6 Å². The lowest BCUT2D eigenvalue weighted by atomic mass is 10.3. The van der Waals surface area contributed by atoms with Crippen LogP contribution >= 0.6 is 11.6 Å². The van der Waals surface area contributed by atoms with Crippen LogP contribution in [0.2, 0.25) is 5.15 Å². The van der Waals surface area contributed by atoms with Gasteiger partial charge >= 0.3 is 0 Å². The van der Waals surface area contributed by atoms with E-state index in [-0.39, 0.29) is 0 Å². The zero-order valence-corrected chi connectivity index (χ0v) is 13.2. The number of rotatable bonds is 8. The molecule has 2 rings (SSSR count). The summed E-state index contributed by atoms with van der Waals surface area (Å²) in [6.07, 6.45) is 5.18. The van der Waals surface area contributed by atoms with E-state index in [4.69, 9.17) is 16.3 Å². The van der Waals surface area contributed by atoms with Crippen LogP contribution in [0.5, 0.6) is 0 Å². The molecule has 21 heavy (non-hydrogen) atoms. The van der Waals surface area contributed by atoms with Gasteiger partial charge < -0.3 is 15.4 Å². The lowest BCUT2D eigenvalue weighted by Crippen LogP contribution is -2.39. The van der Waals surface area contributed by atoms with E-state index in [1.165, 1.54) is 12.8 Å². The van der Waals surface area contributed by atoms with Crippen molar-refractivity contribution in [3.8, 4) is 0 Å². The third-order valence-corrected chi connectivity index (χ3v) is 3.31. The van der Waals surface area contributed by atoms with Gasteiger partial charge in [0.2, 0.25) is 0 Å². The van der Waals surface area contributed by atoms with Crippen LogP contribution in [0.3, 0.4) is 0 Å². The molecule has 5 nitrogen and oxygen atoms in total. The summed E-state index contributed by atoms with van der Waals surface area (Å²) in [7, 11) is 0. The van der Waals surface area contributed by atoms with Crippen molar-refractivity contribution in [2.24, 2.45) is 4.99 Å². The molecule has 0 saturated heterocycles. The number of hydrogen-bond acceptors (Lipinski definition) is 3. The molecule has 0 aromatic carbocycles. The van der Waals surface area contributed by atoms with E-state index in [2.05, 4.69) is 20.6 Å². The molecule has 0 bridgehead atoms. The molecule has 0 spiro atoms. The van der Waals surface area contributed by atoms with Crippen LogP contribution in [-0.2, 0) is 11.3 Å². The van der Waals surface area contributed by atoms with Gasteiger partial charge in [-0.25, -0.2) is 9.98 Å². The Morgan fingerprint density at radius 1 is 1.48 bits per heavy atom. The number of aromatic nitrogens is 1. The molecule has 1 saturated carbocycles. The van der Waals surface area contributed by atoms with Crippen LogP contribution in [0, 0.1) is 0 Å². The van der Waals surface area contributed by atoms with Gasteiger partial charge in [-0.2, -0.15) is 0 Å². The number of nitrogens with one attached hydrogen (secondary N) is 2. The Kier molecular flexibility index (Phi) is 6.76. The standard InChI is InChI=1S/C15H23ClN4O/c1-2-21-9-3-8-17-15(20-13-5-6-13)19-11-12-4-7-14(16)18-10-12/h4,7,10,13H,2-3,5-6,8-9,11H2,1H3,(H2,17,19,20). The minimum Gasteiger partial charge on any atom is -0.382 e. The first-order valence-electron chi connectivity index (χ1n) is 7.51. The summed E-state index contributed by atoms with van der Waals surface area (Å²) in [5, 5.41) is 7.27. The number of ether oxygens (including phenoxy) is 1. The zero-order chi connectivity index (χ0) is 14.9. The highest BCUT2D eigenvalue weighted by Gasteiger charge is 2.22. The second kappa shape index (κ2) is 8.85. The Morgan fingerprint density at radius 3 is 3.00 bits per heavy atom. The number of hydrogen-bond donors (Lipinski definition) is 2. The van der Waals surface area contributed by atoms with Crippen molar-refractivity contribution >= 4 is 17.6 Å². The lowest BCUT2D eigenvalue weighted by molar-refractivity contribution is 0.145. The summed E-state index contributed by atoms with van der Waals surface area (Å²) >= 11 is 5.78. The molecule has 1 aromatic rings. The van der Waals surface area contributed by atoms with Gasteiger partial charge in [-0.1, -0.05) is 17.7 Å². The fraction of sp³-hybridized carbons (Fsp3) is 0.600. The maximum atomic E-state index is 5.78. The highest BCUT2D eigenvalue weighted by atomic mass is 35.5. The van der Waals surface area contributed by atoms with E-state index in [1.807, 2.05) is 13.0 Å². The smallest absolute Gasteiger partial charge is 0.191 e. The molecule has 0 unspecified atom stereocenters. The molecule has 1 fully saturated rings. The average Bonchev–Trinajstić information content (AvgIpc) is 3.30. The molecule has 2 N–H and O–H groups in total. The minimum atomic E-state index is 0.508. The highest BCUT2D eigenvalue weighted by molar-refractivity contribution is 6.29. The van der Waals surface area contributed by atoms with Gasteiger partial charge in [0.15, 0.2) is 5.96 Å². The molecular formula is C15H23ClN4O. The number of halogens is 1. The molecule has 116 valence electrons. The van der Waals surface area contributed by atoms with Gasteiger partial charge in [0.1, 0.15) is 5.15 Å². The van der Waals surface area contributed by atoms with E-state index < -0.39 is 0 Å². The first kappa shape index (κ1) is 16.0. The third-order valence-electron chi connectivity index (χ3n) is 3.09. The monoisotopic (exact) mass is 310 g/mol. The van der Waals surface area contributed by atoms with Crippen molar-refractivity contribution < 1.29 is 4.74 Å². The van der Waals surface area contributed by atoms with E-state index in [0.717, 1.165) is 37.7 Å². The maximum absolute atomic E-state index is 5.78. The Labute approximate surface area is 131 Å². The van der Waals surface area contributed by atoms with Gasteiger partial charge in [0.05, 0.1) is 6.54 Å².